The van der Waals surface area contributed by atoms with Gasteiger partial charge < -0.3 is 9.52 Å². The van der Waals surface area contributed by atoms with Gasteiger partial charge in [-0.25, -0.2) is 12.7 Å². The molecule has 2 unspecified atom stereocenters. The molecule has 0 aliphatic carbocycles. The molecule has 2 rings (SSSR count). The molecule has 0 radical (unpaired) electrons. The van der Waals surface area contributed by atoms with E-state index in [-0.39, 0.29) is 11.2 Å². The lowest BCUT2D eigenvalue weighted by atomic mass is 10.1. The van der Waals surface area contributed by atoms with Gasteiger partial charge in [0.15, 0.2) is 0 Å². The van der Waals surface area contributed by atoms with Crippen LogP contribution in [0.15, 0.2) is 21.6 Å². The fourth-order valence-corrected chi connectivity index (χ4v) is 3.54. The van der Waals surface area contributed by atoms with Crippen LogP contribution in [0, 0.1) is 0 Å². The third-order valence-corrected chi connectivity index (χ3v) is 5.53. The van der Waals surface area contributed by atoms with Gasteiger partial charge in [-0.05, 0) is 44.9 Å². The Balaban J connectivity index is 2.06. The summed E-state index contributed by atoms with van der Waals surface area (Å²) in [4.78, 5) is 2.25. The van der Waals surface area contributed by atoms with Crippen molar-refractivity contribution < 1.29 is 17.9 Å². The van der Waals surface area contributed by atoms with Gasteiger partial charge in [0.1, 0.15) is 5.76 Å². The molecule has 1 aromatic heterocycles. The van der Waals surface area contributed by atoms with Crippen molar-refractivity contribution in [2.45, 2.75) is 50.0 Å². The lowest BCUT2D eigenvalue weighted by molar-refractivity contribution is 0.126. The molecular formula is C14H24N2O4S. The predicted octanol–water partition coefficient (Wildman–Crippen LogP) is 1.27. The molecule has 0 amide bonds. The molecule has 0 bridgehead atoms. The first kappa shape index (κ1) is 16.5. The third kappa shape index (κ3) is 3.85. The number of likely N-dealkylation sites (tertiary alicyclic amines) is 1. The second-order valence-electron chi connectivity index (χ2n) is 5.86. The molecular weight excluding hydrogens is 292 g/mol. The maximum atomic E-state index is 12.0. The zero-order chi connectivity index (χ0) is 15.6. The van der Waals surface area contributed by atoms with Crippen LogP contribution in [0.1, 0.15) is 31.9 Å². The topological polar surface area (TPSA) is 74.0 Å². The Morgan fingerprint density at radius 1 is 1.48 bits per heavy atom. The molecule has 2 atom stereocenters. The molecule has 1 N–H and O–H groups in total. The minimum Gasteiger partial charge on any atom is -0.447 e. The van der Waals surface area contributed by atoms with Gasteiger partial charge in [0.05, 0.1) is 12.6 Å². The largest absolute Gasteiger partial charge is 0.447 e. The number of hydrogen-bond acceptors (Lipinski definition) is 5. The molecule has 0 spiro atoms. The average molecular weight is 316 g/mol. The third-order valence-electron chi connectivity index (χ3n) is 3.84. The Hall–Kier alpha value is -0.890. The van der Waals surface area contributed by atoms with Crippen LogP contribution in [-0.4, -0.2) is 55.5 Å². The van der Waals surface area contributed by atoms with Crippen LogP contribution < -0.4 is 0 Å². The average Bonchev–Trinajstić information content (AvgIpc) is 2.99. The molecule has 6 nitrogen and oxygen atoms in total. The van der Waals surface area contributed by atoms with Crippen molar-refractivity contribution in [3.05, 3.63) is 17.9 Å². The zero-order valence-electron chi connectivity index (χ0n) is 12.8. The molecule has 0 aromatic carbocycles. The quantitative estimate of drug-likeness (QED) is 0.855. The number of furan rings is 1. The van der Waals surface area contributed by atoms with Crippen molar-refractivity contribution >= 4 is 10.0 Å². The lowest BCUT2D eigenvalue weighted by Crippen LogP contribution is -2.31. The lowest BCUT2D eigenvalue weighted by Gasteiger charge is -2.24. The number of rotatable bonds is 6. The summed E-state index contributed by atoms with van der Waals surface area (Å²) < 4.78 is 30.6. The molecule has 120 valence electrons. The number of aliphatic hydroxyl groups excluding tert-OH is 1. The van der Waals surface area contributed by atoms with Crippen LogP contribution in [0.3, 0.4) is 0 Å². The Bertz CT molecular complexity index is 565. The van der Waals surface area contributed by atoms with E-state index in [1.807, 2.05) is 0 Å². The molecule has 1 aliphatic rings. The summed E-state index contributed by atoms with van der Waals surface area (Å²) in [5.41, 5.74) is 0. The minimum absolute atomic E-state index is 0.0197. The van der Waals surface area contributed by atoms with E-state index in [4.69, 9.17) is 4.42 Å². The molecule has 1 saturated heterocycles. The van der Waals surface area contributed by atoms with Gasteiger partial charge in [0.25, 0.3) is 10.0 Å². The second kappa shape index (κ2) is 6.48. The highest BCUT2D eigenvalue weighted by molar-refractivity contribution is 7.88. The number of nitrogens with zero attached hydrogens (tertiary/aromatic N) is 2. The van der Waals surface area contributed by atoms with Crippen molar-refractivity contribution in [1.82, 2.24) is 9.21 Å². The van der Waals surface area contributed by atoms with E-state index in [0.29, 0.717) is 18.3 Å². The predicted molar refractivity (Wildman–Crippen MR) is 79.3 cm³/mol. The van der Waals surface area contributed by atoms with Gasteiger partial charge in [-0.15, -0.1) is 0 Å². The molecule has 21 heavy (non-hydrogen) atoms. The van der Waals surface area contributed by atoms with E-state index in [1.54, 1.807) is 13.0 Å². The van der Waals surface area contributed by atoms with Crippen LogP contribution in [0.2, 0.25) is 0 Å². The summed E-state index contributed by atoms with van der Waals surface area (Å²) in [6.07, 6.45) is 2.58. The summed E-state index contributed by atoms with van der Waals surface area (Å²) in [6.45, 7) is 3.33. The van der Waals surface area contributed by atoms with Crippen LogP contribution in [0.4, 0.5) is 0 Å². The van der Waals surface area contributed by atoms with Gasteiger partial charge in [0, 0.05) is 20.1 Å². The zero-order valence-corrected chi connectivity index (χ0v) is 13.6. The van der Waals surface area contributed by atoms with Crippen LogP contribution in [0.5, 0.6) is 0 Å². The van der Waals surface area contributed by atoms with Crippen molar-refractivity contribution in [3.63, 3.8) is 0 Å². The smallest absolute Gasteiger partial charge is 0.275 e. The van der Waals surface area contributed by atoms with E-state index in [1.165, 1.54) is 20.2 Å². The highest BCUT2D eigenvalue weighted by Gasteiger charge is 2.27. The van der Waals surface area contributed by atoms with E-state index < -0.39 is 10.0 Å². The van der Waals surface area contributed by atoms with Crippen molar-refractivity contribution in [2.75, 3.05) is 20.6 Å². The van der Waals surface area contributed by atoms with Crippen molar-refractivity contribution in [3.8, 4) is 0 Å². The first-order valence-corrected chi connectivity index (χ1v) is 8.68. The van der Waals surface area contributed by atoms with Gasteiger partial charge in [0.2, 0.25) is 5.09 Å². The van der Waals surface area contributed by atoms with Crippen LogP contribution >= 0.6 is 0 Å². The Labute approximate surface area is 126 Å². The molecule has 7 heteroatoms. The summed E-state index contributed by atoms with van der Waals surface area (Å²) in [7, 11) is -0.548. The Morgan fingerprint density at radius 2 is 2.19 bits per heavy atom. The monoisotopic (exact) mass is 316 g/mol. The second-order valence-corrected chi connectivity index (χ2v) is 7.94. The number of aliphatic hydroxyl groups is 1. The summed E-state index contributed by atoms with van der Waals surface area (Å²) in [6, 6.07) is 3.56. The number of hydrogen-bond donors (Lipinski definition) is 1. The van der Waals surface area contributed by atoms with Crippen molar-refractivity contribution in [1.29, 1.82) is 0 Å². The SMILES string of the molecule is CC(O)CC1CCCN1Cc1ccc(S(=O)(=O)N(C)C)o1. The highest BCUT2D eigenvalue weighted by atomic mass is 32.2. The maximum Gasteiger partial charge on any atom is 0.275 e. The van der Waals surface area contributed by atoms with Crippen LogP contribution in [-0.2, 0) is 16.6 Å². The first-order chi connectivity index (χ1) is 9.80. The van der Waals surface area contributed by atoms with Gasteiger partial charge >= 0.3 is 0 Å². The van der Waals surface area contributed by atoms with Gasteiger partial charge in [-0.1, -0.05) is 0 Å². The molecule has 2 heterocycles. The van der Waals surface area contributed by atoms with Gasteiger partial charge in [-0.2, -0.15) is 0 Å². The standard InChI is InChI=1S/C14H24N2O4S/c1-11(17)9-12-5-4-8-16(12)10-13-6-7-14(20-13)21(18,19)15(2)3/h6-7,11-12,17H,4-5,8-10H2,1-3H3. The summed E-state index contributed by atoms with van der Waals surface area (Å²) in [5, 5.41) is 9.51. The number of sulfonamides is 1. The molecule has 1 fully saturated rings. The molecule has 1 aromatic rings. The van der Waals surface area contributed by atoms with E-state index in [0.717, 1.165) is 30.1 Å². The summed E-state index contributed by atoms with van der Waals surface area (Å²) >= 11 is 0. The fraction of sp³-hybridized carbons (Fsp3) is 0.714. The highest BCUT2D eigenvalue weighted by Crippen LogP contribution is 2.25. The maximum absolute atomic E-state index is 12.0. The first-order valence-electron chi connectivity index (χ1n) is 7.24. The van der Waals surface area contributed by atoms with E-state index >= 15 is 0 Å². The Morgan fingerprint density at radius 3 is 2.81 bits per heavy atom. The summed E-state index contributed by atoms with van der Waals surface area (Å²) in [5.74, 6) is 0.646. The molecule has 1 aliphatic heterocycles. The minimum atomic E-state index is -3.51. The molecule has 0 saturated carbocycles. The fourth-order valence-electron chi connectivity index (χ4n) is 2.73. The van der Waals surface area contributed by atoms with E-state index in [9.17, 15) is 13.5 Å². The Kier molecular flexibility index (Phi) is 5.08. The van der Waals surface area contributed by atoms with E-state index in [2.05, 4.69) is 4.90 Å². The van der Waals surface area contributed by atoms with Gasteiger partial charge in [-0.3, -0.25) is 4.90 Å². The van der Waals surface area contributed by atoms with Crippen molar-refractivity contribution in [2.24, 2.45) is 0 Å². The normalized spacial score (nSPS) is 22.0. The van der Waals surface area contributed by atoms with Crippen LogP contribution in [0.25, 0.3) is 0 Å².